The van der Waals surface area contributed by atoms with Crippen LogP contribution in [0.5, 0.6) is 5.75 Å². The third-order valence-corrected chi connectivity index (χ3v) is 5.87. The van der Waals surface area contributed by atoms with Gasteiger partial charge < -0.3 is 14.8 Å². The zero-order chi connectivity index (χ0) is 22.3. The fourth-order valence-electron chi connectivity index (χ4n) is 3.41. The molecule has 2 aromatic rings. The molecule has 0 bridgehead atoms. The van der Waals surface area contributed by atoms with Gasteiger partial charge in [-0.05, 0) is 43.2 Å². The molecule has 2 aromatic carbocycles. The molecule has 1 amide bonds. The van der Waals surface area contributed by atoms with Crippen molar-refractivity contribution in [3.8, 4) is 28.2 Å². The quantitative estimate of drug-likeness (QED) is 0.364. The van der Waals surface area contributed by atoms with Crippen LogP contribution in [0, 0.1) is 0 Å². The van der Waals surface area contributed by atoms with E-state index in [0.717, 1.165) is 17.5 Å². The minimum Gasteiger partial charge on any atom is -0.506 e. The normalized spacial score (nSPS) is 12.3. The third kappa shape index (κ3) is 3.99. The van der Waals surface area contributed by atoms with Crippen LogP contribution in [-0.2, 0) is 0 Å². The van der Waals surface area contributed by atoms with Crippen molar-refractivity contribution in [2.75, 3.05) is 0 Å². The highest BCUT2D eigenvalue weighted by molar-refractivity contribution is 6.33. The van der Waals surface area contributed by atoms with Gasteiger partial charge in [-0.1, -0.05) is 42.3 Å². The lowest BCUT2D eigenvalue weighted by molar-refractivity contribution is 0.0939. The molecular weight excluding hydrogens is 437 g/mol. The molecule has 2 aliphatic rings. The van der Waals surface area contributed by atoms with Crippen molar-refractivity contribution in [3.63, 3.8) is 0 Å². The van der Waals surface area contributed by atoms with Crippen LogP contribution in [0.3, 0.4) is 0 Å². The van der Waals surface area contributed by atoms with Gasteiger partial charge in [0.05, 0.1) is 10.0 Å². The maximum Gasteiger partial charge on any atom is 0.251 e. The third-order valence-electron chi connectivity index (χ3n) is 5.27. The first-order chi connectivity index (χ1) is 14.8. The average Bonchev–Trinajstić information content (AvgIpc) is 2.74. The zero-order valence-electron chi connectivity index (χ0n) is 16.8. The van der Waals surface area contributed by atoms with Gasteiger partial charge in [0.15, 0.2) is 0 Å². The monoisotopic (exact) mass is 455 g/mol. The Bertz CT molecular complexity index is 1330. The Labute approximate surface area is 188 Å². The van der Waals surface area contributed by atoms with E-state index in [4.69, 9.17) is 27.6 Å². The van der Waals surface area contributed by atoms with Gasteiger partial charge in [0.25, 0.3) is 5.91 Å². The highest BCUT2D eigenvalue weighted by Crippen LogP contribution is 2.43. The maximum atomic E-state index is 12.4. The summed E-state index contributed by atoms with van der Waals surface area (Å²) in [6, 6.07) is 13.1. The van der Waals surface area contributed by atoms with E-state index in [9.17, 15) is 14.7 Å². The Morgan fingerprint density at radius 3 is 2.48 bits per heavy atom. The number of halogens is 2. The summed E-state index contributed by atoms with van der Waals surface area (Å²) in [6.45, 7) is 3.96. The molecule has 7 heteroatoms. The Balaban J connectivity index is 1.93. The van der Waals surface area contributed by atoms with Gasteiger partial charge in [-0.25, -0.2) is 0 Å². The summed E-state index contributed by atoms with van der Waals surface area (Å²) in [4.78, 5) is 24.5. The molecule has 0 saturated heterocycles. The fourth-order valence-corrected chi connectivity index (χ4v) is 3.74. The van der Waals surface area contributed by atoms with E-state index in [-0.39, 0.29) is 33.2 Å². The number of amides is 1. The van der Waals surface area contributed by atoms with Gasteiger partial charge >= 0.3 is 0 Å². The van der Waals surface area contributed by atoms with Gasteiger partial charge in [-0.3, -0.25) is 9.59 Å². The first-order valence-corrected chi connectivity index (χ1v) is 10.5. The van der Waals surface area contributed by atoms with Gasteiger partial charge in [-0.2, -0.15) is 0 Å². The van der Waals surface area contributed by atoms with Crippen LogP contribution in [-0.4, -0.2) is 17.1 Å². The lowest BCUT2D eigenvalue weighted by atomic mass is 9.93. The second-order valence-corrected chi connectivity index (χ2v) is 8.23. The number of carbonyl (C=O) groups is 1. The van der Waals surface area contributed by atoms with Crippen molar-refractivity contribution in [1.29, 1.82) is 0 Å². The fraction of sp³-hybridized carbons (Fsp3) is 0.167. The number of benzene rings is 3. The molecular formula is C24H19Cl2NO4. The summed E-state index contributed by atoms with van der Waals surface area (Å²) >= 11 is 12.3. The summed E-state index contributed by atoms with van der Waals surface area (Å²) in [5.74, 6) is 0.0551. The molecule has 0 radical (unpaired) electrons. The van der Waals surface area contributed by atoms with Gasteiger partial charge in [-0.15, -0.1) is 0 Å². The van der Waals surface area contributed by atoms with Crippen LogP contribution < -0.4 is 10.7 Å². The minimum absolute atomic E-state index is 0.0673. The zero-order valence-corrected chi connectivity index (χ0v) is 18.3. The molecule has 2 N–H and O–H groups in total. The SMILES string of the molecule is CCC(C)NC(=O)c1ccc(-c2c3cc(Cl)c(=O)cc-3oc3cc(O)c(Cl)cc23)cc1. The van der Waals surface area contributed by atoms with Gasteiger partial charge in [0.2, 0.25) is 5.43 Å². The molecule has 1 aliphatic carbocycles. The van der Waals surface area contributed by atoms with Crippen LogP contribution in [0.4, 0.5) is 0 Å². The van der Waals surface area contributed by atoms with Crippen LogP contribution in [0.15, 0.2) is 57.7 Å². The second-order valence-electron chi connectivity index (χ2n) is 7.42. The van der Waals surface area contributed by atoms with Gasteiger partial charge in [0, 0.05) is 40.3 Å². The second kappa shape index (κ2) is 8.25. The van der Waals surface area contributed by atoms with Crippen molar-refractivity contribution in [1.82, 2.24) is 5.32 Å². The molecule has 31 heavy (non-hydrogen) atoms. The van der Waals surface area contributed by atoms with Crippen LogP contribution in [0.2, 0.25) is 10.0 Å². The molecule has 0 aromatic heterocycles. The highest BCUT2D eigenvalue weighted by Gasteiger charge is 2.20. The molecule has 0 spiro atoms. The van der Waals surface area contributed by atoms with E-state index in [1.807, 2.05) is 26.0 Å². The van der Waals surface area contributed by atoms with E-state index >= 15 is 0 Å². The predicted molar refractivity (Wildman–Crippen MR) is 123 cm³/mol. The average molecular weight is 456 g/mol. The van der Waals surface area contributed by atoms with Crippen LogP contribution in [0.1, 0.15) is 30.6 Å². The number of nitrogens with one attached hydrogen (secondary N) is 1. The Morgan fingerprint density at radius 2 is 1.81 bits per heavy atom. The molecule has 0 fully saturated rings. The largest absolute Gasteiger partial charge is 0.506 e. The van der Waals surface area contributed by atoms with Crippen LogP contribution >= 0.6 is 23.2 Å². The van der Waals surface area contributed by atoms with Crippen molar-refractivity contribution in [3.05, 3.63) is 74.4 Å². The van der Waals surface area contributed by atoms with Gasteiger partial charge in [0.1, 0.15) is 17.1 Å². The lowest BCUT2D eigenvalue weighted by Gasteiger charge is -2.16. The predicted octanol–water partition coefficient (Wildman–Crippen LogP) is 6.11. The first-order valence-electron chi connectivity index (χ1n) is 9.78. The molecule has 1 heterocycles. The number of phenolic OH excluding ortho intramolecular Hbond substituents is 1. The number of phenols is 1. The number of hydrogen-bond donors (Lipinski definition) is 2. The number of carbonyl (C=O) groups excluding carboxylic acids is 1. The maximum absolute atomic E-state index is 12.4. The Kier molecular flexibility index (Phi) is 5.65. The van der Waals surface area contributed by atoms with E-state index in [2.05, 4.69) is 5.32 Å². The van der Waals surface area contributed by atoms with Crippen molar-refractivity contribution in [2.45, 2.75) is 26.3 Å². The summed E-state index contributed by atoms with van der Waals surface area (Å²) in [5.41, 5.74) is 2.67. The molecule has 0 saturated carbocycles. The van der Waals surface area contributed by atoms with E-state index in [0.29, 0.717) is 27.9 Å². The summed E-state index contributed by atoms with van der Waals surface area (Å²) in [6.07, 6.45) is 0.839. The highest BCUT2D eigenvalue weighted by atomic mass is 35.5. The number of aromatic hydroxyl groups is 1. The molecule has 158 valence electrons. The smallest absolute Gasteiger partial charge is 0.251 e. The van der Waals surface area contributed by atoms with E-state index in [1.165, 1.54) is 12.1 Å². The first kappa shape index (κ1) is 21.2. The molecule has 1 atom stereocenters. The van der Waals surface area contributed by atoms with Crippen molar-refractivity contribution in [2.24, 2.45) is 0 Å². The van der Waals surface area contributed by atoms with Crippen molar-refractivity contribution >= 4 is 40.1 Å². The lowest BCUT2D eigenvalue weighted by Crippen LogP contribution is -2.31. The molecule has 1 unspecified atom stereocenters. The summed E-state index contributed by atoms with van der Waals surface area (Å²) in [7, 11) is 0. The summed E-state index contributed by atoms with van der Waals surface area (Å²) < 4.78 is 5.86. The minimum atomic E-state index is -0.363. The number of rotatable bonds is 4. The Hall–Kier alpha value is -3.02. The standard InChI is InChI=1S/C24H19Cl2NO4/c1-3-12(2)27-24(30)14-6-4-13(5-7-14)23-15-8-17(25)19(28)10-21(15)31-22-11-20(29)18(26)9-16(22)23/h4-12,28H,3H2,1-2H3,(H,27,30). The molecule has 1 aliphatic heterocycles. The Morgan fingerprint density at radius 1 is 1.10 bits per heavy atom. The van der Waals surface area contributed by atoms with Crippen LogP contribution in [0.25, 0.3) is 33.4 Å². The van der Waals surface area contributed by atoms with E-state index < -0.39 is 0 Å². The molecule has 5 nitrogen and oxygen atoms in total. The number of hydrogen-bond acceptors (Lipinski definition) is 4. The van der Waals surface area contributed by atoms with E-state index in [1.54, 1.807) is 24.3 Å². The number of fused-ring (bicyclic) bond motifs is 2. The topological polar surface area (TPSA) is 79.5 Å². The summed E-state index contributed by atoms with van der Waals surface area (Å²) in [5, 5.41) is 13.8. The van der Waals surface area contributed by atoms with Crippen molar-refractivity contribution < 1.29 is 14.3 Å². The molecule has 4 rings (SSSR count).